The van der Waals surface area contributed by atoms with Gasteiger partial charge in [0.25, 0.3) is 0 Å². The van der Waals surface area contributed by atoms with Crippen LogP contribution in [0.3, 0.4) is 0 Å². The number of nitrogens with one attached hydrogen (secondary N) is 1. The first kappa shape index (κ1) is 13.7. The van der Waals surface area contributed by atoms with Gasteiger partial charge < -0.3 is 10.1 Å². The predicted octanol–water partition coefficient (Wildman–Crippen LogP) is 3.12. The van der Waals surface area contributed by atoms with E-state index in [2.05, 4.69) is 23.5 Å². The van der Waals surface area contributed by atoms with Gasteiger partial charge in [-0.05, 0) is 61.9 Å². The van der Waals surface area contributed by atoms with E-state index in [0.717, 1.165) is 5.75 Å². The van der Waals surface area contributed by atoms with Gasteiger partial charge in [-0.1, -0.05) is 12.5 Å². The Labute approximate surface area is 116 Å². The lowest BCUT2D eigenvalue weighted by molar-refractivity contribution is 0.225. The third-order valence-electron chi connectivity index (χ3n) is 4.40. The van der Waals surface area contributed by atoms with Crippen LogP contribution >= 0.6 is 12.4 Å². The molecule has 1 atom stereocenters. The number of fused-ring (bicyclic) bond motifs is 1. The molecule has 1 N–H and O–H groups in total. The van der Waals surface area contributed by atoms with E-state index in [9.17, 15) is 0 Å². The van der Waals surface area contributed by atoms with Crippen molar-refractivity contribution in [2.45, 2.75) is 44.1 Å². The van der Waals surface area contributed by atoms with E-state index in [1.54, 1.807) is 7.11 Å². The monoisotopic (exact) mass is 267 g/mol. The molecule has 1 saturated heterocycles. The van der Waals surface area contributed by atoms with Crippen molar-refractivity contribution in [3.63, 3.8) is 0 Å². The summed E-state index contributed by atoms with van der Waals surface area (Å²) in [5.74, 6) is 0.997. The molecule has 0 saturated carbocycles. The van der Waals surface area contributed by atoms with Crippen LogP contribution in [0.2, 0.25) is 0 Å². The molecule has 2 nitrogen and oxygen atoms in total. The lowest BCUT2D eigenvalue weighted by Gasteiger charge is -2.42. The van der Waals surface area contributed by atoms with E-state index in [4.69, 9.17) is 4.74 Å². The molecule has 0 bridgehead atoms. The summed E-state index contributed by atoms with van der Waals surface area (Å²) in [6, 6.07) is 6.57. The Kier molecular flexibility index (Phi) is 4.18. The zero-order valence-electron chi connectivity index (χ0n) is 11.0. The molecular formula is C15H22ClNO. The van der Waals surface area contributed by atoms with Crippen LogP contribution in [0, 0.1) is 0 Å². The zero-order valence-corrected chi connectivity index (χ0v) is 11.8. The highest BCUT2D eigenvalue weighted by Gasteiger charge is 2.35. The number of halogens is 1. The second kappa shape index (κ2) is 5.50. The lowest BCUT2D eigenvalue weighted by atomic mass is 9.74. The van der Waals surface area contributed by atoms with Crippen molar-refractivity contribution in [3.8, 4) is 5.75 Å². The van der Waals surface area contributed by atoms with Crippen LogP contribution in [0.5, 0.6) is 5.75 Å². The molecule has 1 fully saturated rings. The third kappa shape index (κ3) is 2.50. The number of piperidine rings is 1. The van der Waals surface area contributed by atoms with Crippen LogP contribution in [0.15, 0.2) is 18.2 Å². The summed E-state index contributed by atoms with van der Waals surface area (Å²) in [6.45, 7) is 1.20. The second-order valence-corrected chi connectivity index (χ2v) is 5.48. The third-order valence-corrected chi connectivity index (χ3v) is 4.40. The molecule has 3 heteroatoms. The quantitative estimate of drug-likeness (QED) is 0.844. The van der Waals surface area contributed by atoms with Gasteiger partial charge in [0.05, 0.1) is 7.11 Å². The van der Waals surface area contributed by atoms with Crippen molar-refractivity contribution in [2.24, 2.45) is 0 Å². The first-order chi connectivity index (χ1) is 8.31. The number of hydrogen-bond acceptors (Lipinski definition) is 2. The minimum atomic E-state index is 0. The first-order valence-corrected chi connectivity index (χ1v) is 6.72. The van der Waals surface area contributed by atoms with Crippen LogP contribution < -0.4 is 10.1 Å². The van der Waals surface area contributed by atoms with E-state index in [-0.39, 0.29) is 12.4 Å². The fourth-order valence-corrected chi connectivity index (χ4v) is 3.36. The van der Waals surface area contributed by atoms with Gasteiger partial charge in [-0.25, -0.2) is 0 Å². The molecule has 18 heavy (non-hydrogen) atoms. The molecule has 0 aromatic heterocycles. The van der Waals surface area contributed by atoms with Gasteiger partial charge in [0.1, 0.15) is 5.75 Å². The minimum Gasteiger partial charge on any atom is -0.497 e. The van der Waals surface area contributed by atoms with Crippen molar-refractivity contribution in [2.75, 3.05) is 13.7 Å². The minimum absolute atomic E-state index is 0. The predicted molar refractivity (Wildman–Crippen MR) is 76.9 cm³/mol. The zero-order chi connectivity index (χ0) is 11.7. The maximum atomic E-state index is 5.30. The van der Waals surface area contributed by atoms with E-state index in [1.807, 2.05) is 0 Å². The Bertz CT molecular complexity index is 413. The number of ether oxygens (including phenoxy) is 1. The normalized spacial score (nSPS) is 26.3. The van der Waals surface area contributed by atoms with E-state index >= 15 is 0 Å². The molecule has 1 unspecified atom stereocenters. The van der Waals surface area contributed by atoms with Crippen LogP contribution in [0.25, 0.3) is 0 Å². The van der Waals surface area contributed by atoms with Gasteiger partial charge in [-0.2, -0.15) is 0 Å². The fourth-order valence-electron chi connectivity index (χ4n) is 3.36. The van der Waals surface area contributed by atoms with Crippen molar-refractivity contribution >= 4 is 12.4 Å². The summed E-state index contributed by atoms with van der Waals surface area (Å²) >= 11 is 0. The summed E-state index contributed by atoms with van der Waals surface area (Å²) < 4.78 is 5.30. The Balaban J connectivity index is 0.00000120. The maximum Gasteiger partial charge on any atom is 0.119 e. The van der Waals surface area contributed by atoms with Crippen LogP contribution in [0.1, 0.15) is 36.8 Å². The van der Waals surface area contributed by atoms with Crippen LogP contribution in [-0.4, -0.2) is 19.2 Å². The van der Waals surface area contributed by atoms with Gasteiger partial charge in [0, 0.05) is 5.54 Å². The van der Waals surface area contributed by atoms with Gasteiger partial charge in [0.15, 0.2) is 0 Å². The Morgan fingerprint density at radius 1 is 1.17 bits per heavy atom. The standard InChI is InChI=1S/C15H21NO.ClH/c1-17-14-5-4-13-11-15(7-2-3-9-16-15)8-6-12(13)10-14;/h4-5,10,16H,2-3,6-9,11H2,1H3;1H. The van der Waals surface area contributed by atoms with Crippen molar-refractivity contribution in [3.05, 3.63) is 29.3 Å². The average Bonchev–Trinajstić information content (AvgIpc) is 2.39. The molecule has 1 aliphatic carbocycles. The molecule has 3 rings (SSSR count). The number of rotatable bonds is 1. The number of methoxy groups -OCH3 is 1. The van der Waals surface area contributed by atoms with Crippen LogP contribution in [0.4, 0.5) is 0 Å². The molecule has 1 heterocycles. The SMILES string of the molecule is COc1ccc2c(c1)CCC1(CCCCN1)C2.Cl. The Hall–Kier alpha value is -0.730. The van der Waals surface area contributed by atoms with Gasteiger partial charge >= 0.3 is 0 Å². The summed E-state index contributed by atoms with van der Waals surface area (Å²) in [6.07, 6.45) is 7.76. The molecule has 1 aromatic rings. The molecular weight excluding hydrogens is 246 g/mol. The van der Waals surface area contributed by atoms with Crippen LogP contribution in [-0.2, 0) is 12.8 Å². The molecule has 2 aliphatic rings. The summed E-state index contributed by atoms with van der Waals surface area (Å²) in [4.78, 5) is 0. The summed E-state index contributed by atoms with van der Waals surface area (Å²) in [5.41, 5.74) is 3.41. The fraction of sp³-hybridized carbons (Fsp3) is 0.600. The smallest absolute Gasteiger partial charge is 0.119 e. The lowest BCUT2D eigenvalue weighted by Crippen LogP contribution is -2.52. The molecule has 0 amide bonds. The number of benzene rings is 1. The second-order valence-electron chi connectivity index (χ2n) is 5.48. The van der Waals surface area contributed by atoms with Crippen molar-refractivity contribution in [1.82, 2.24) is 5.32 Å². The van der Waals surface area contributed by atoms with Crippen molar-refractivity contribution < 1.29 is 4.74 Å². The Morgan fingerprint density at radius 2 is 2.06 bits per heavy atom. The molecule has 1 aliphatic heterocycles. The molecule has 0 radical (unpaired) electrons. The highest BCUT2D eigenvalue weighted by molar-refractivity contribution is 5.85. The average molecular weight is 268 g/mol. The molecule has 100 valence electrons. The largest absolute Gasteiger partial charge is 0.497 e. The van der Waals surface area contributed by atoms with Gasteiger partial charge in [-0.15, -0.1) is 12.4 Å². The first-order valence-electron chi connectivity index (χ1n) is 6.72. The highest BCUT2D eigenvalue weighted by atomic mass is 35.5. The van der Waals surface area contributed by atoms with E-state index < -0.39 is 0 Å². The highest BCUT2D eigenvalue weighted by Crippen LogP contribution is 2.35. The van der Waals surface area contributed by atoms with Gasteiger partial charge in [0.2, 0.25) is 0 Å². The molecule has 1 aromatic carbocycles. The van der Waals surface area contributed by atoms with E-state index in [1.165, 1.54) is 56.2 Å². The van der Waals surface area contributed by atoms with Gasteiger partial charge in [-0.3, -0.25) is 0 Å². The topological polar surface area (TPSA) is 21.3 Å². The summed E-state index contributed by atoms with van der Waals surface area (Å²) in [7, 11) is 1.74. The van der Waals surface area contributed by atoms with E-state index in [0.29, 0.717) is 5.54 Å². The Morgan fingerprint density at radius 3 is 2.78 bits per heavy atom. The maximum absolute atomic E-state index is 5.30. The number of aryl methyl sites for hydroxylation is 1. The summed E-state index contributed by atoms with van der Waals surface area (Å²) in [5, 5.41) is 3.77. The number of hydrogen-bond donors (Lipinski definition) is 1. The molecule has 1 spiro atoms. The van der Waals surface area contributed by atoms with Crippen molar-refractivity contribution in [1.29, 1.82) is 0 Å².